The molecule has 2 fully saturated rings. The van der Waals surface area contributed by atoms with E-state index < -0.39 is 0 Å². The predicted molar refractivity (Wildman–Crippen MR) is 85.6 cm³/mol. The van der Waals surface area contributed by atoms with E-state index in [1.54, 1.807) is 0 Å². The van der Waals surface area contributed by atoms with Crippen LogP contribution in [-0.4, -0.2) is 7.05 Å². The van der Waals surface area contributed by atoms with Crippen LogP contribution < -0.4 is 5.32 Å². The van der Waals surface area contributed by atoms with Gasteiger partial charge in [0.1, 0.15) is 0 Å². The topological polar surface area (TPSA) is 12.0 Å². The summed E-state index contributed by atoms with van der Waals surface area (Å²) in [6.07, 6.45) is 4.37. The van der Waals surface area contributed by atoms with Gasteiger partial charge < -0.3 is 5.32 Å². The summed E-state index contributed by atoms with van der Waals surface area (Å²) in [5, 5.41) is 7.40. The third-order valence-corrected chi connectivity index (χ3v) is 7.06. The van der Waals surface area contributed by atoms with Gasteiger partial charge in [0, 0.05) is 15.2 Å². The lowest BCUT2D eigenvalue weighted by Crippen LogP contribution is -2.20. The molecule has 0 radical (unpaired) electrons. The number of nitrogens with one attached hydrogen (secondary N) is 1. The molecule has 0 bridgehead atoms. The van der Waals surface area contributed by atoms with Crippen molar-refractivity contribution in [1.29, 1.82) is 0 Å². The Morgan fingerprint density at radius 2 is 2.11 bits per heavy atom. The van der Waals surface area contributed by atoms with Gasteiger partial charge in [0.05, 0.1) is 0 Å². The van der Waals surface area contributed by atoms with E-state index in [1.165, 1.54) is 39.4 Å². The van der Waals surface area contributed by atoms with Gasteiger partial charge in [-0.05, 0) is 76.0 Å². The maximum atomic E-state index is 3.67. The van der Waals surface area contributed by atoms with Crippen LogP contribution in [0.2, 0.25) is 0 Å². The second kappa shape index (κ2) is 4.57. The molecule has 1 aromatic heterocycles. The Morgan fingerprint density at radius 1 is 1.32 bits per heavy atom. The Kier molecular flexibility index (Phi) is 2.98. The van der Waals surface area contributed by atoms with Crippen molar-refractivity contribution in [2.75, 3.05) is 7.05 Å². The molecule has 4 rings (SSSR count). The summed E-state index contributed by atoms with van der Waals surface area (Å²) in [5.74, 6) is 2.88. The SMILES string of the molecule is CNC(c1csc2c(Br)cccc12)C1C2CCCC21. The lowest BCUT2D eigenvalue weighted by molar-refractivity contribution is 0.447. The average molecular weight is 336 g/mol. The summed E-state index contributed by atoms with van der Waals surface area (Å²) in [4.78, 5) is 0. The van der Waals surface area contributed by atoms with Crippen LogP contribution in [0.5, 0.6) is 0 Å². The lowest BCUT2D eigenvalue weighted by atomic mass is 9.96. The smallest absolute Gasteiger partial charge is 0.0488 e. The lowest BCUT2D eigenvalue weighted by Gasteiger charge is -2.18. The van der Waals surface area contributed by atoms with Gasteiger partial charge in [-0.15, -0.1) is 11.3 Å². The van der Waals surface area contributed by atoms with E-state index in [4.69, 9.17) is 0 Å². The normalized spacial score (nSPS) is 30.5. The standard InChI is InChI=1S/C16H18BrNS/c1-18-15(14-9-4-2-5-10(9)14)12-8-19-16-11(12)6-3-7-13(16)17/h3,6-10,14-15,18H,2,4-5H2,1H3. The Hall–Kier alpha value is -0.380. The first-order valence-corrected chi connectivity index (χ1v) is 8.81. The van der Waals surface area contributed by atoms with Crippen molar-refractivity contribution in [2.45, 2.75) is 25.3 Å². The molecule has 1 nitrogen and oxygen atoms in total. The second-order valence-electron chi connectivity index (χ2n) is 5.91. The van der Waals surface area contributed by atoms with Gasteiger partial charge in [0.25, 0.3) is 0 Å². The van der Waals surface area contributed by atoms with E-state index in [0.29, 0.717) is 6.04 Å². The fourth-order valence-corrected chi connectivity index (χ4v) is 5.87. The van der Waals surface area contributed by atoms with Gasteiger partial charge in [0.2, 0.25) is 0 Å². The highest BCUT2D eigenvalue weighted by molar-refractivity contribution is 9.10. The van der Waals surface area contributed by atoms with E-state index in [9.17, 15) is 0 Å². The first kappa shape index (κ1) is 12.4. The molecule has 2 saturated carbocycles. The van der Waals surface area contributed by atoms with Crippen LogP contribution in [0.4, 0.5) is 0 Å². The molecule has 19 heavy (non-hydrogen) atoms. The van der Waals surface area contributed by atoms with Crippen molar-refractivity contribution in [3.8, 4) is 0 Å². The Labute approximate surface area is 126 Å². The molecule has 2 aliphatic carbocycles. The molecular formula is C16H18BrNS. The number of benzene rings is 1. The molecule has 3 unspecified atom stereocenters. The monoisotopic (exact) mass is 335 g/mol. The van der Waals surface area contributed by atoms with Gasteiger partial charge in [-0.2, -0.15) is 0 Å². The molecule has 0 aliphatic heterocycles. The molecule has 3 atom stereocenters. The summed E-state index contributed by atoms with van der Waals surface area (Å²) in [6, 6.07) is 7.12. The van der Waals surface area contributed by atoms with Crippen molar-refractivity contribution in [3.63, 3.8) is 0 Å². The van der Waals surface area contributed by atoms with Crippen LogP contribution in [0.15, 0.2) is 28.1 Å². The number of fused-ring (bicyclic) bond motifs is 2. The molecule has 1 aromatic carbocycles. The molecule has 1 heterocycles. The third-order valence-electron chi connectivity index (χ3n) is 5.09. The summed E-state index contributed by atoms with van der Waals surface area (Å²) in [7, 11) is 2.13. The number of hydrogen-bond donors (Lipinski definition) is 1. The molecule has 2 aliphatic rings. The highest BCUT2D eigenvalue weighted by Gasteiger charge is 2.56. The number of rotatable bonds is 3. The van der Waals surface area contributed by atoms with E-state index in [2.05, 4.69) is 51.9 Å². The highest BCUT2D eigenvalue weighted by Crippen LogP contribution is 2.62. The largest absolute Gasteiger partial charge is 0.313 e. The summed E-state index contributed by atoms with van der Waals surface area (Å²) in [6.45, 7) is 0. The molecule has 3 heteroatoms. The zero-order valence-corrected chi connectivity index (χ0v) is 13.4. The van der Waals surface area contributed by atoms with Crippen molar-refractivity contribution < 1.29 is 0 Å². The molecule has 0 saturated heterocycles. The number of hydrogen-bond acceptors (Lipinski definition) is 2. The summed E-state index contributed by atoms with van der Waals surface area (Å²) < 4.78 is 2.62. The zero-order valence-electron chi connectivity index (χ0n) is 11.0. The molecule has 1 N–H and O–H groups in total. The van der Waals surface area contributed by atoms with E-state index in [0.717, 1.165) is 17.8 Å². The first-order chi connectivity index (χ1) is 9.31. The maximum absolute atomic E-state index is 3.67. The highest BCUT2D eigenvalue weighted by atomic mass is 79.9. The fourth-order valence-electron chi connectivity index (χ4n) is 4.21. The summed E-state index contributed by atoms with van der Waals surface area (Å²) in [5.41, 5.74) is 1.52. The van der Waals surface area contributed by atoms with Crippen molar-refractivity contribution in [1.82, 2.24) is 5.32 Å². The predicted octanol–water partition coefficient (Wildman–Crippen LogP) is 4.97. The zero-order chi connectivity index (χ0) is 13.0. The fraction of sp³-hybridized carbons (Fsp3) is 0.500. The number of halogens is 1. The van der Waals surface area contributed by atoms with E-state index in [-0.39, 0.29) is 0 Å². The van der Waals surface area contributed by atoms with Crippen molar-refractivity contribution in [3.05, 3.63) is 33.6 Å². The molecular weight excluding hydrogens is 318 g/mol. The molecule has 0 spiro atoms. The van der Waals surface area contributed by atoms with Crippen LogP contribution in [0.1, 0.15) is 30.9 Å². The van der Waals surface area contributed by atoms with Crippen LogP contribution in [0, 0.1) is 17.8 Å². The minimum Gasteiger partial charge on any atom is -0.313 e. The Balaban J connectivity index is 1.74. The maximum Gasteiger partial charge on any atom is 0.0488 e. The molecule has 2 aromatic rings. The van der Waals surface area contributed by atoms with Crippen molar-refractivity contribution >= 4 is 37.4 Å². The number of thiophene rings is 1. The summed E-state index contributed by atoms with van der Waals surface area (Å²) >= 11 is 5.54. The second-order valence-corrected chi connectivity index (χ2v) is 7.64. The van der Waals surface area contributed by atoms with Gasteiger partial charge in [-0.25, -0.2) is 0 Å². The quantitative estimate of drug-likeness (QED) is 0.834. The van der Waals surface area contributed by atoms with E-state index in [1.807, 2.05) is 11.3 Å². The van der Waals surface area contributed by atoms with Crippen LogP contribution in [-0.2, 0) is 0 Å². The van der Waals surface area contributed by atoms with Gasteiger partial charge in [-0.1, -0.05) is 18.6 Å². The van der Waals surface area contributed by atoms with E-state index >= 15 is 0 Å². The Morgan fingerprint density at radius 3 is 2.84 bits per heavy atom. The van der Waals surface area contributed by atoms with Gasteiger partial charge in [0.15, 0.2) is 0 Å². The molecule has 0 amide bonds. The minimum atomic E-state index is 0.554. The average Bonchev–Trinajstić information content (AvgIpc) is 2.83. The minimum absolute atomic E-state index is 0.554. The van der Waals surface area contributed by atoms with Gasteiger partial charge in [-0.3, -0.25) is 0 Å². The molecule has 100 valence electrons. The first-order valence-electron chi connectivity index (χ1n) is 7.14. The van der Waals surface area contributed by atoms with Crippen molar-refractivity contribution in [2.24, 2.45) is 17.8 Å². The van der Waals surface area contributed by atoms with Crippen LogP contribution in [0.3, 0.4) is 0 Å². The van der Waals surface area contributed by atoms with Gasteiger partial charge >= 0.3 is 0 Å². The Bertz CT molecular complexity index is 610. The van der Waals surface area contributed by atoms with Crippen LogP contribution >= 0.6 is 27.3 Å². The van der Waals surface area contributed by atoms with Crippen LogP contribution in [0.25, 0.3) is 10.1 Å². The third kappa shape index (κ3) is 1.82.